The van der Waals surface area contributed by atoms with Crippen LogP contribution in [0.3, 0.4) is 0 Å². The van der Waals surface area contributed by atoms with Gasteiger partial charge in [0.2, 0.25) is 0 Å². The van der Waals surface area contributed by atoms with Gasteiger partial charge in [0, 0.05) is 11.6 Å². The second kappa shape index (κ2) is 6.25. The summed E-state index contributed by atoms with van der Waals surface area (Å²) < 4.78 is 18.9. The Balaban J connectivity index is 2.17. The minimum atomic E-state index is -0.285. The van der Waals surface area contributed by atoms with E-state index in [4.69, 9.17) is 22.1 Å². The van der Waals surface area contributed by atoms with E-state index in [1.54, 1.807) is 6.07 Å². The van der Waals surface area contributed by atoms with Gasteiger partial charge in [0.1, 0.15) is 18.2 Å². The first kappa shape index (κ1) is 14.8. The first-order valence-corrected chi connectivity index (χ1v) is 6.76. The Morgan fingerprint density at radius 1 is 1.10 bits per heavy atom. The zero-order valence-corrected chi connectivity index (χ0v) is 12.3. The lowest BCUT2D eigenvalue weighted by Crippen LogP contribution is -2.05. The maximum Gasteiger partial charge on any atom is 0.123 e. The van der Waals surface area contributed by atoms with Gasteiger partial charge in [-0.05, 0) is 60.4 Å². The number of halogens is 2. The van der Waals surface area contributed by atoms with Crippen LogP contribution in [0.2, 0.25) is 5.02 Å². The molecule has 4 heteroatoms. The van der Waals surface area contributed by atoms with E-state index in [-0.39, 0.29) is 12.4 Å². The topological polar surface area (TPSA) is 35.2 Å². The molecule has 2 N–H and O–H groups in total. The molecule has 0 fully saturated rings. The van der Waals surface area contributed by atoms with Crippen LogP contribution in [-0.4, -0.2) is 0 Å². The molecule has 0 saturated heterocycles. The van der Waals surface area contributed by atoms with Gasteiger partial charge in [-0.25, -0.2) is 4.39 Å². The van der Waals surface area contributed by atoms with Crippen LogP contribution in [0.4, 0.5) is 4.39 Å². The fraction of sp³-hybridized carbons (Fsp3) is 0.250. The molecule has 0 saturated carbocycles. The van der Waals surface area contributed by atoms with Crippen LogP contribution in [0.1, 0.15) is 22.3 Å². The Hall–Kier alpha value is -1.58. The van der Waals surface area contributed by atoms with Crippen LogP contribution in [0, 0.1) is 19.7 Å². The third-order valence-electron chi connectivity index (χ3n) is 3.19. The molecule has 0 aliphatic carbocycles. The van der Waals surface area contributed by atoms with Gasteiger partial charge in [-0.15, -0.1) is 0 Å². The van der Waals surface area contributed by atoms with E-state index in [9.17, 15) is 4.39 Å². The lowest BCUT2D eigenvalue weighted by Gasteiger charge is -2.12. The number of benzene rings is 2. The maximum atomic E-state index is 13.1. The Morgan fingerprint density at radius 3 is 2.35 bits per heavy atom. The summed E-state index contributed by atoms with van der Waals surface area (Å²) in [7, 11) is 0. The number of ether oxygens (including phenoxy) is 1. The second-order valence-corrected chi connectivity index (χ2v) is 5.15. The summed E-state index contributed by atoms with van der Waals surface area (Å²) in [5.41, 5.74) is 9.21. The van der Waals surface area contributed by atoms with Gasteiger partial charge in [-0.3, -0.25) is 0 Å². The number of hydrogen-bond acceptors (Lipinski definition) is 2. The molecule has 0 spiro atoms. The highest BCUT2D eigenvalue weighted by Crippen LogP contribution is 2.26. The van der Waals surface area contributed by atoms with Crippen molar-refractivity contribution in [3.05, 3.63) is 63.4 Å². The van der Waals surface area contributed by atoms with Crippen LogP contribution >= 0.6 is 11.6 Å². The van der Waals surface area contributed by atoms with Crippen molar-refractivity contribution in [2.75, 3.05) is 0 Å². The molecule has 2 aromatic rings. The molecule has 0 atom stereocenters. The Morgan fingerprint density at radius 2 is 1.75 bits per heavy atom. The van der Waals surface area contributed by atoms with Crippen molar-refractivity contribution < 1.29 is 9.13 Å². The van der Waals surface area contributed by atoms with Gasteiger partial charge in [0.25, 0.3) is 0 Å². The SMILES string of the molecule is Cc1cc(OCc2ccc(F)cc2CN)cc(C)c1Cl. The fourth-order valence-corrected chi connectivity index (χ4v) is 2.19. The lowest BCUT2D eigenvalue weighted by molar-refractivity contribution is 0.304. The van der Waals surface area contributed by atoms with Crippen LogP contribution in [0.25, 0.3) is 0 Å². The molecule has 0 radical (unpaired) electrons. The average Bonchev–Trinajstić information content (AvgIpc) is 2.43. The quantitative estimate of drug-likeness (QED) is 0.920. The number of nitrogens with two attached hydrogens (primary N) is 1. The van der Waals surface area contributed by atoms with Gasteiger partial charge in [0.15, 0.2) is 0 Å². The van der Waals surface area contributed by atoms with E-state index in [0.29, 0.717) is 6.61 Å². The predicted octanol–water partition coefficient (Wildman–Crippen LogP) is 4.13. The van der Waals surface area contributed by atoms with Crippen LogP contribution in [0.15, 0.2) is 30.3 Å². The molecule has 0 bridgehead atoms. The van der Waals surface area contributed by atoms with Crippen LogP contribution < -0.4 is 10.5 Å². The van der Waals surface area contributed by atoms with Crippen molar-refractivity contribution in [1.82, 2.24) is 0 Å². The van der Waals surface area contributed by atoms with Crippen molar-refractivity contribution >= 4 is 11.6 Å². The summed E-state index contributed by atoms with van der Waals surface area (Å²) >= 11 is 6.12. The summed E-state index contributed by atoms with van der Waals surface area (Å²) in [6.07, 6.45) is 0. The second-order valence-electron chi connectivity index (χ2n) is 4.78. The molecular formula is C16H17ClFNO. The van der Waals surface area contributed by atoms with Gasteiger partial charge >= 0.3 is 0 Å². The summed E-state index contributed by atoms with van der Waals surface area (Å²) in [4.78, 5) is 0. The van der Waals surface area contributed by atoms with E-state index < -0.39 is 0 Å². The number of hydrogen-bond donors (Lipinski definition) is 1. The molecule has 2 aromatic carbocycles. The lowest BCUT2D eigenvalue weighted by atomic mass is 10.1. The molecule has 0 unspecified atom stereocenters. The fourth-order valence-electron chi connectivity index (χ4n) is 2.08. The molecule has 106 valence electrons. The first-order chi connectivity index (χ1) is 9.51. The van der Waals surface area contributed by atoms with Crippen molar-refractivity contribution in [2.24, 2.45) is 5.73 Å². The number of rotatable bonds is 4. The Labute approximate surface area is 123 Å². The molecule has 2 nitrogen and oxygen atoms in total. The zero-order chi connectivity index (χ0) is 14.7. The Kier molecular flexibility index (Phi) is 4.63. The van der Waals surface area contributed by atoms with Crippen molar-refractivity contribution in [1.29, 1.82) is 0 Å². The van der Waals surface area contributed by atoms with Gasteiger partial charge in [-0.2, -0.15) is 0 Å². The van der Waals surface area contributed by atoms with Crippen molar-refractivity contribution in [3.63, 3.8) is 0 Å². The Bertz CT molecular complexity index is 605. The monoisotopic (exact) mass is 293 g/mol. The van der Waals surface area contributed by atoms with E-state index in [1.807, 2.05) is 26.0 Å². The molecule has 20 heavy (non-hydrogen) atoms. The highest BCUT2D eigenvalue weighted by molar-refractivity contribution is 6.32. The van der Waals surface area contributed by atoms with E-state index in [1.165, 1.54) is 12.1 Å². The molecule has 0 aliphatic rings. The predicted molar refractivity (Wildman–Crippen MR) is 79.5 cm³/mol. The molecular weight excluding hydrogens is 277 g/mol. The summed E-state index contributed by atoms with van der Waals surface area (Å²) in [5, 5.41) is 0.752. The largest absolute Gasteiger partial charge is 0.489 e. The standard InChI is InChI=1S/C16H17ClFNO/c1-10-5-15(6-11(2)16(10)17)20-9-12-3-4-14(18)7-13(12)8-19/h3-7H,8-9,19H2,1-2H3. The average molecular weight is 294 g/mol. The molecule has 2 rings (SSSR count). The van der Waals surface area contributed by atoms with Crippen molar-refractivity contribution in [2.45, 2.75) is 27.0 Å². The maximum absolute atomic E-state index is 13.1. The zero-order valence-electron chi connectivity index (χ0n) is 11.5. The normalized spacial score (nSPS) is 10.7. The highest BCUT2D eigenvalue weighted by atomic mass is 35.5. The van der Waals surface area contributed by atoms with Crippen LogP contribution in [0.5, 0.6) is 5.75 Å². The third kappa shape index (κ3) is 3.30. The highest BCUT2D eigenvalue weighted by Gasteiger charge is 2.06. The smallest absolute Gasteiger partial charge is 0.123 e. The minimum Gasteiger partial charge on any atom is -0.489 e. The number of aryl methyl sites for hydroxylation is 2. The van der Waals surface area contributed by atoms with Crippen LogP contribution in [-0.2, 0) is 13.2 Å². The van der Waals surface area contributed by atoms with Gasteiger partial charge in [-0.1, -0.05) is 17.7 Å². The molecule has 0 aliphatic heterocycles. The summed E-state index contributed by atoms with van der Waals surface area (Å²) in [6, 6.07) is 8.34. The summed E-state index contributed by atoms with van der Waals surface area (Å²) in [6.45, 7) is 4.51. The minimum absolute atomic E-state index is 0.285. The molecule has 0 amide bonds. The van der Waals surface area contributed by atoms with E-state index >= 15 is 0 Å². The third-order valence-corrected chi connectivity index (χ3v) is 3.79. The molecule has 0 heterocycles. The van der Waals surface area contributed by atoms with Crippen molar-refractivity contribution in [3.8, 4) is 5.75 Å². The first-order valence-electron chi connectivity index (χ1n) is 6.38. The van der Waals surface area contributed by atoms with Gasteiger partial charge < -0.3 is 10.5 Å². The summed E-state index contributed by atoms with van der Waals surface area (Å²) in [5.74, 6) is 0.462. The van der Waals surface area contributed by atoms with Gasteiger partial charge in [0.05, 0.1) is 0 Å². The van der Waals surface area contributed by atoms with E-state index in [0.717, 1.165) is 33.0 Å². The molecule has 0 aromatic heterocycles. The van der Waals surface area contributed by atoms with E-state index in [2.05, 4.69) is 0 Å².